The molecule has 1 saturated carbocycles. The molecule has 0 unspecified atom stereocenters. The molecule has 4 fully saturated rings. The number of benzene rings is 1. The number of ether oxygens (including phenoxy) is 1. The summed E-state index contributed by atoms with van der Waals surface area (Å²) in [6.45, 7) is 6.50. The summed E-state index contributed by atoms with van der Waals surface area (Å²) in [4.78, 5) is 17.9. The lowest BCUT2D eigenvalue weighted by atomic mass is 9.63. The van der Waals surface area contributed by atoms with E-state index in [0.29, 0.717) is 11.5 Å². The Balaban J connectivity index is 1.29. The smallest absolute Gasteiger partial charge is 0.326 e. The molecule has 5 nitrogen and oxygen atoms in total. The van der Waals surface area contributed by atoms with Gasteiger partial charge in [0.15, 0.2) is 0 Å². The molecule has 1 aliphatic carbocycles. The number of aromatic nitrogens is 2. The van der Waals surface area contributed by atoms with Crippen LogP contribution in [0.15, 0.2) is 29.1 Å². The first-order valence-electron chi connectivity index (χ1n) is 9.12. The topological polar surface area (TPSA) is 50.3 Å². The second kappa shape index (κ2) is 4.96. The summed E-state index contributed by atoms with van der Waals surface area (Å²) < 4.78 is 7.90. The van der Waals surface area contributed by atoms with Crippen molar-refractivity contribution in [2.24, 2.45) is 5.41 Å². The maximum Gasteiger partial charge on any atom is 0.326 e. The SMILES string of the molecule is CC12CC(CN3CCC(n4c(=O)[nH]c5ccccc54)CC3)(CO1)C2. The van der Waals surface area contributed by atoms with Gasteiger partial charge in [0, 0.05) is 31.1 Å². The van der Waals surface area contributed by atoms with E-state index in [-0.39, 0.29) is 11.3 Å². The van der Waals surface area contributed by atoms with Gasteiger partial charge in [-0.15, -0.1) is 0 Å². The van der Waals surface area contributed by atoms with E-state index in [2.05, 4.69) is 16.8 Å². The van der Waals surface area contributed by atoms with E-state index in [1.54, 1.807) is 0 Å². The number of rotatable bonds is 3. The number of aromatic amines is 1. The van der Waals surface area contributed by atoms with E-state index in [0.717, 1.165) is 50.1 Å². The molecule has 24 heavy (non-hydrogen) atoms. The summed E-state index contributed by atoms with van der Waals surface area (Å²) in [6, 6.07) is 8.32. The fraction of sp³-hybridized carbons (Fsp3) is 0.632. The molecule has 4 aliphatic rings. The van der Waals surface area contributed by atoms with E-state index >= 15 is 0 Å². The van der Waals surface area contributed by atoms with E-state index < -0.39 is 0 Å². The Hall–Kier alpha value is -1.59. The fourth-order valence-corrected chi connectivity index (χ4v) is 5.47. The van der Waals surface area contributed by atoms with Crippen LogP contribution in [0.3, 0.4) is 0 Å². The Morgan fingerprint density at radius 3 is 2.71 bits per heavy atom. The average Bonchev–Trinajstić information content (AvgIpc) is 3.15. The van der Waals surface area contributed by atoms with Crippen LogP contribution in [0, 0.1) is 5.41 Å². The van der Waals surface area contributed by atoms with Crippen molar-refractivity contribution < 1.29 is 4.74 Å². The highest BCUT2D eigenvalue weighted by molar-refractivity contribution is 5.75. The van der Waals surface area contributed by atoms with Gasteiger partial charge in [0.05, 0.1) is 23.2 Å². The van der Waals surface area contributed by atoms with Gasteiger partial charge in [0.1, 0.15) is 0 Å². The van der Waals surface area contributed by atoms with E-state index in [1.807, 2.05) is 28.8 Å². The van der Waals surface area contributed by atoms with E-state index in [9.17, 15) is 4.79 Å². The number of para-hydroxylation sites is 2. The summed E-state index contributed by atoms with van der Waals surface area (Å²) >= 11 is 0. The third-order valence-electron chi connectivity index (χ3n) is 6.33. The molecule has 2 bridgehead atoms. The molecule has 5 heteroatoms. The second-order valence-corrected chi connectivity index (χ2v) is 8.42. The number of imidazole rings is 1. The van der Waals surface area contributed by atoms with Crippen LogP contribution in [0.25, 0.3) is 11.0 Å². The van der Waals surface area contributed by atoms with Gasteiger partial charge in [-0.25, -0.2) is 4.79 Å². The molecule has 1 aromatic heterocycles. The number of nitrogens with one attached hydrogen (secondary N) is 1. The molecule has 0 amide bonds. The van der Waals surface area contributed by atoms with Crippen molar-refractivity contribution in [3.8, 4) is 0 Å². The van der Waals surface area contributed by atoms with Crippen molar-refractivity contribution in [2.45, 2.75) is 44.2 Å². The third kappa shape index (κ3) is 2.18. The number of hydrogen-bond donors (Lipinski definition) is 1. The lowest BCUT2D eigenvalue weighted by Crippen LogP contribution is -2.50. The number of hydrogen-bond acceptors (Lipinski definition) is 3. The van der Waals surface area contributed by atoms with Crippen LogP contribution in [-0.2, 0) is 4.74 Å². The molecule has 3 saturated heterocycles. The molecular weight excluding hydrogens is 302 g/mol. The quantitative estimate of drug-likeness (QED) is 0.942. The molecular formula is C19H25N3O2. The van der Waals surface area contributed by atoms with Gasteiger partial charge in [-0.2, -0.15) is 0 Å². The van der Waals surface area contributed by atoms with E-state index in [1.165, 1.54) is 12.8 Å². The van der Waals surface area contributed by atoms with Crippen LogP contribution in [0.1, 0.15) is 38.6 Å². The lowest BCUT2D eigenvalue weighted by Gasteiger charge is -2.46. The van der Waals surface area contributed by atoms with Crippen LogP contribution >= 0.6 is 0 Å². The van der Waals surface area contributed by atoms with Crippen LogP contribution in [-0.4, -0.2) is 46.3 Å². The number of likely N-dealkylation sites (tertiary alicyclic amines) is 1. The standard InChI is InChI=1S/C19H25N3O2/c1-18-10-19(11-18,13-24-18)12-21-8-6-14(7-9-21)22-16-5-3-2-4-15(16)20-17(22)23/h2-5,14H,6-13H2,1H3,(H,20,23). The summed E-state index contributed by atoms with van der Waals surface area (Å²) in [7, 11) is 0. The predicted octanol–water partition coefficient (Wildman–Crippen LogP) is 2.54. The number of H-pyrrole nitrogens is 1. The van der Waals surface area contributed by atoms with Crippen molar-refractivity contribution in [1.82, 2.24) is 14.5 Å². The summed E-state index contributed by atoms with van der Waals surface area (Å²) in [5, 5.41) is 0. The Kier molecular flexibility index (Phi) is 3.04. The molecule has 2 aromatic rings. The Morgan fingerprint density at radius 2 is 2.00 bits per heavy atom. The van der Waals surface area contributed by atoms with Gasteiger partial charge < -0.3 is 14.6 Å². The number of nitrogens with zero attached hydrogens (tertiary/aromatic N) is 2. The van der Waals surface area contributed by atoms with Crippen molar-refractivity contribution in [2.75, 3.05) is 26.2 Å². The van der Waals surface area contributed by atoms with Gasteiger partial charge in [-0.3, -0.25) is 4.57 Å². The minimum Gasteiger partial charge on any atom is -0.375 e. The highest BCUT2D eigenvalue weighted by Gasteiger charge is 2.59. The normalized spacial score (nSPS) is 33.9. The number of piperidine rings is 1. The van der Waals surface area contributed by atoms with Crippen LogP contribution in [0.4, 0.5) is 0 Å². The summed E-state index contributed by atoms with van der Waals surface area (Å²) in [6.07, 6.45) is 4.55. The Morgan fingerprint density at radius 1 is 1.25 bits per heavy atom. The van der Waals surface area contributed by atoms with Crippen LogP contribution in [0.5, 0.6) is 0 Å². The maximum absolute atomic E-state index is 12.4. The van der Waals surface area contributed by atoms with E-state index in [4.69, 9.17) is 4.74 Å². The molecule has 4 heterocycles. The predicted molar refractivity (Wildman–Crippen MR) is 93.3 cm³/mol. The highest BCUT2D eigenvalue weighted by Crippen LogP contribution is 2.57. The Bertz CT molecular complexity index is 822. The molecule has 128 valence electrons. The highest BCUT2D eigenvalue weighted by atomic mass is 16.5. The van der Waals surface area contributed by atoms with Crippen LogP contribution < -0.4 is 5.69 Å². The lowest BCUT2D eigenvalue weighted by molar-refractivity contribution is -0.00825. The number of fused-ring (bicyclic) bond motifs is 2. The molecule has 0 radical (unpaired) electrons. The largest absolute Gasteiger partial charge is 0.375 e. The van der Waals surface area contributed by atoms with Gasteiger partial charge in [0.25, 0.3) is 0 Å². The molecule has 1 N–H and O–H groups in total. The van der Waals surface area contributed by atoms with Gasteiger partial charge in [-0.1, -0.05) is 12.1 Å². The minimum absolute atomic E-state index is 0.0344. The molecule has 1 aromatic carbocycles. The third-order valence-corrected chi connectivity index (χ3v) is 6.33. The minimum atomic E-state index is 0.0344. The first-order chi connectivity index (χ1) is 11.6. The van der Waals surface area contributed by atoms with Gasteiger partial charge in [0.2, 0.25) is 0 Å². The van der Waals surface area contributed by atoms with Gasteiger partial charge in [-0.05, 0) is 44.7 Å². The Labute approximate surface area is 141 Å². The first-order valence-corrected chi connectivity index (χ1v) is 9.12. The fourth-order valence-electron chi connectivity index (χ4n) is 5.47. The van der Waals surface area contributed by atoms with Crippen molar-refractivity contribution >= 4 is 11.0 Å². The van der Waals surface area contributed by atoms with Gasteiger partial charge >= 0.3 is 5.69 Å². The molecule has 3 aliphatic heterocycles. The van der Waals surface area contributed by atoms with Crippen molar-refractivity contribution in [1.29, 1.82) is 0 Å². The zero-order valence-electron chi connectivity index (χ0n) is 14.3. The van der Waals surface area contributed by atoms with Crippen molar-refractivity contribution in [3.05, 3.63) is 34.7 Å². The van der Waals surface area contributed by atoms with Crippen LogP contribution in [0.2, 0.25) is 0 Å². The summed E-state index contributed by atoms with van der Waals surface area (Å²) in [5.74, 6) is 0. The zero-order valence-corrected chi connectivity index (χ0v) is 14.3. The van der Waals surface area contributed by atoms with Crippen molar-refractivity contribution in [3.63, 3.8) is 0 Å². The molecule has 0 atom stereocenters. The molecule has 6 rings (SSSR count). The maximum atomic E-state index is 12.4. The summed E-state index contributed by atoms with van der Waals surface area (Å²) in [5.41, 5.74) is 2.61. The second-order valence-electron chi connectivity index (χ2n) is 8.42. The first kappa shape index (κ1) is 14.7. The monoisotopic (exact) mass is 327 g/mol. The average molecular weight is 327 g/mol. The molecule has 0 spiro atoms. The zero-order chi connectivity index (χ0) is 16.4.